The summed E-state index contributed by atoms with van der Waals surface area (Å²) in [6, 6.07) is 10.0. The predicted molar refractivity (Wildman–Crippen MR) is 120 cm³/mol. The number of pyridine rings is 2. The molecule has 1 saturated heterocycles. The summed E-state index contributed by atoms with van der Waals surface area (Å²) in [6.07, 6.45) is 8.70. The van der Waals surface area contributed by atoms with Crippen LogP contribution in [0.5, 0.6) is 5.75 Å². The van der Waals surface area contributed by atoms with Gasteiger partial charge in [0.2, 0.25) is 0 Å². The molecule has 8 nitrogen and oxygen atoms in total. The number of nitrogens with one attached hydrogen (secondary N) is 1. The number of aromatic nitrogens is 3. The van der Waals surface area contributed by atoms with Crippen LogP contribution in [0, 0.1) is 11.3 Å². The van der Waals surface area contributed by atoms with Crippen LogP contribution in [-0.4, -0.2) is 39.4 Å². The molecule has 1 aliphatic rings. The fourth-order valence-electron chi connectivity index (χ4n) is 3.76. The number of ether oxygens (including phenoxy) is 1. The molecule has 0 radical (unpaired) electrons. The molecule has 0 amide bonds. The lowest BCUT2D eigenvalue weighted by Gasteiger charge is -2.20. The molecule has 0 saturated carbocycles. The fourth-order valence-corrected chi connectivity index (χ4v) is 3.76. The van der Waals surface area contributed by atoms with E-state index in [2.05, 4.69) is 21.5 Å². The highest BCUT2D eigenvalue weighted by Gasteiger charge is 2.17. The molecule has 0 bridgehead atoms. The normalized spacial score (nSPS) is 15.7. The molecule has 4 heterocycles. The summed E-state index contributed by atoms with van der Waals surface area (Å²) in [7, 11) is 0. The lowest BCUT2D eigenvalue weighted by atomic mass is 10.0. The van der Waals surface area contributed by atoms with Gasteiger partial charge < -0.3 is 15.8 Å². The number of hydrogen-bond acceptors (Lipinski definition) is 7. The van der Waals surface area contributed by atoms with Crippen LogP contribution in [0.4, 0.5) is 0 Å². The second-order valence-electron chi connectivity index (χ2n) is 7.44. The molecule has 0 aromatic carbocycles. The van der Waals surface area contributed by atoms with Gasteiger partial charge in [-0.15, -0.1) is 0 Å². The van der Waals surface area contributed by atoms with Crippen LogP contribution >= 0.6 is 0 Å². The summed E-state index contributed by atoms with van der Waals surface area (Å²) in [6.45, 7) is 4.21. The van der Waals surface area contributed by atoms with Crippen LogP contribution < -0.4 is 15.8 Å². The SMILES string of the molecule is CC(=NC1CCNCC1)/C(=C\N)c1cc(OCc2ccccn2)c2c(C#N)cnn2c1. The summed E-state index contributed by atoms with van der Waals surface area (Å²) >= 11 is 0. The maximum atomic E-state index is 9.50. The molecule has 1 aliphatic heterocycles. The van der Waals surface area contributed by atoms with Crippen molar-refractivity contribution in [3.8, 4) is 11.8 Å². The van der Waals surface area contributed by atoms with Crippen molar-refractivity contribution >= 4 is 16.8 Å². The van der Waals surface area contributed by atoms with E-state index in [-0.39, 0.29) is 12.6 Å². The van der Waals surface area contributed by atoms with Gasteiger partial charge in [-0.1, -0.05) is 6.07 Å². The molecule has 3 aromatic heterocycles. The summed E-state index contributed by atoms with van der Waals surface area (Å²) in [5, 5.41) is 17.2. The van der Waals surface area contributed by atoms with E-state index in [1.54, 1.807) is 16.9 Å². The first kappa shape index (κ1) is 20.6. The summed E-state index contributed by atoms with van der Waals surface area (Å²) < 4.78 is 7.74. The van der Waals surface area contributed by atoms with Gasteiger partial charge in [0.25, 0.3) is 0 Å². The average Bonchev–Trinajstić information content (AvgIpc) is 3.23. The van der Waals surface area contributed by atoms with Crippen LogP contribution in [-0.2, 0) is 6.61 Å². The van der Waals surface area contributed by atoms with Crippen LogP contribution in [0.2, 0.25) is 0 Å². The van der Waals surface area contributed by atoms with Gasteiger partial charge in [0.15, 0.2) is 0 Å². The third-order valence-corrected chi connectivity index (χ3v) is 5.35. The molecule has 0 unspecified atom stereocenters. The van der Waals surface area contributed by atoms with E-state index in [4.69, 9.17) is 15.5 Å². The van der Waals surface area contributed by atoms with Crippen molar-refractivity contribution in [2.24, 2.45) is 10.7 Å². The molecule has 8 heteroatoms. The van der Waals surface area contributed by atoms with Gasteiger partial charge in [-0.25, -0.2) is 4.52 Å². The maximum Gasteiger partial charge on any atom is 0.147 e. The zero-order valence-electron chi connectivity index (χ0n) is 17.5. The predicted octanol–water partition coefficient (Wildman–Crippen LogP) is 2.69. The lowest BCUT2D eigenvalue weighted by molar-refractivity contribution is 0.303. The summed E-state index contributed by atoms with van der Waals surface area (Å²) in [5.74, 6) is 0.547. The Morgan fingerprint density at radius 3 is 2.97 bits per heavy atom. The van der Waals surface area contributed by atoms with E-state index < -0.39 is 0 Å². The van der Waals surface area contributed by atoms with Gasteiger partial charge in [0, 0.05) is 35.4 Å². The Balaban J connectivity index is 1.70. The van der Waals surface area contributed by atoms with Gasteiger partial charge >= 0.3 is 0 Å². The molecule has 1 fully saturated rings. The van der Waals surface area contributed by atoms with E-state index >= 15 is 0 Å². The maximum absolute atomic E-state index is 9.50. The first-order valence-electron chi connectivity index (χ1n) is 10.3. The van der Waals surface area contributed by atoms with Crippen LogP contribution in [0.3, 0.4) is 0 Å². The van der Waals surface area contributed by atoms with Crippen molar-refractivity contribution < 1.29 is 4.74 Å². The number of nitrogens with zero attached hydrogens (tertiary/aromatic N) is 5. The van der Waals surface area contributed by atoms with E-state index in [0.717, 1.165) is 48.5 Å². The number of nitrogens with two attached hydrogens (primary N) is 1. The van der Waals surface area contributed by atoms with Crippen LogP contribution in [0.1, 0.15) is 36.6 Å². The third-order valence-electron chi connectivity index (χ3n) is 5.35. The number of fused-ring (bicyclic) bond motifs is 1. The first-order chi connectivity index (χ1) is 15.2. The van der Waals surface area contributed by atoms with Gasteiger partial charge in [-0.2, -0.15) is 10.4 Å². The molecule has 158 valence electrons. The number of hydrogen-bond donors (Lipinski definition) is 2. The molecule has 3 aromatic rings. The zero-order chi connectivity index (χ0) is 21.6. The standard InChI is InChI=1S/C23H25N7O/c1-16(29-19-5-8-26-9-6-19)21(12-25)17-10-22(31-15-20-4-2-3-7-27-20)23-18(11-24)13-28-30(23)14-17/h2-4,7,10,12-14,19,26H,5-6,8-9,15,25H2,1H3/b21-12+,29-16?. The van der Waals surface area contributed by atoms with Crippen molar-refractivity contribution in [3.05, 3.63) is 65.9 Å². The number of nitriles is 1. The molecule has 31 heavy (non-hydrogen) atoms. The van der Waals surface area contributed by atoms with Crippen molar-refractivity contribution in [2.45, 2.75) is 32.4 Å². The molecular formula is C23H25N7O. The number of rotatable bonds is 6. The molecular weight excluding hydrogens is 390 g/mol. The number of piperidine rings is 1. The van der Waals surface area contributed by atoms with Crippen LogP contribution in [0.25, 0.3) is 11.1 Å². The van der Waals surface area contributed by atoms with E-state index in [1.807, 2.05) is 37.4 Å². The minimum atomic E-state index is 0.278. The smallest absolute Gasteiger partial charge is 0.147 e. The molecule has 0 atom stereocenters. The van der Waals surface area contributed by atoms with Gasteiger partial charge in [0.05, 0.1) is 17.9 Å². The lowest BCUT2D eigenvalue weighted by Crippen LogP contribution is -2.30. The third kappa shape index (κ3) is 4.57. The van der Waals surface area contributed by atoms with Crippen molar-refractivity contribution in [1.29, 1.82) is 5.26 Å². The van der Waals surface area contributed by atoms with E-state index in [0.29, 0.717) is 16.8 Å². The second-order valence-corrected chi connectivity index (χ2v) is 7.44. The molecule has 0 aliphatic carbocycles. The monoisotopic (exact) mass is 415 g/mol. The summed E-state index contributed by atoms with van der Waals surface area (Å²) in [4.78, 5) is 9.21. The fraction of sp³-hybridized carbons (Fsp3) is 0.304. The Kier molecular flexibility index (Phi) is 6.24. The highest BCUT2D eigenvalue weighted by Crippen LogP contribution is 2.29. The zero-order valence-corrected chi connectivity index (χ0v) is 17.5. The molecule has 0 spiro atoms. The Labute approximate surface area is 181 Å². The number of aliphatic imine (C=N–C) groups is 1. The Morgan fingerprint density at radius 2 is 2.26 bits per heavy atom. The quantitative estimate of drug-likeness (QED) is 0.599. The van der Waals surface area contributed by atoms with Crippen molar-refractivity contribution in [2.75, 3.05) is 13.1 Å². The minimum absolute atomic E-state index is 0.278. The number of allylic oxidation sites excluding steroid dienone is 1. The van der Waals surface area contributed by atoms with Crippen LogP contribution in [0.15, 0.2) is 54.0 Å². The van der Waals surface area contributed by atoms with Crippen molar-refractivity contribution in [3.63, 3.8) is 0 Å². The molecule has 4 rings (SSSR count). The first-order valence-corrected chi connectivity index (χ1v) is 10.3. The van der Waals surface area contributed by atoms with Gasteiger partial charge in [-0.3, -0.25) is 9.98 Å². The average molecular weight is 416 g/mol. The second kappa shape index (κ2) is 9.41. The largest absolute Gasteiger partial charge is 0.485 e. The Hall–Kier alpha value is -3.70. The Bertz CT molecular complexity index is 1150. The highest BCUT2D eigenvalue weighted by molar-refractivity contribution is 6.22. The minimum Gasteiger partial charge on any atom is -0.485 e. The van der Waals surface area contributed by atoms with Gasteiger partial charge in [0.1, 0.15) is 29.5 Å². The van der Waals surface area contributed by atoms with E-state index in [9.17, 15) is 5.26 Å². The van der Waals surface area contributed by atoms with E-state index in [1.165, 1.54) is 6.20 Å². The summed E-state index contributed by atoms with van der Waals surface area (Å²) in [5.41, 5.74) is 10.4. The highest BCUT2D eigenvalue weighted by atomic mass is 16.5. The topological polar surface area (TPSA) is 114 Å². The Morgan fingerprint density at radius 1 is 1.42 bits per heavy atom. The van der Waals surface area contributed by atoms with Gasteiger partial charge in [-0.05, 0) is 51.1 Å². The molecule has 3 N–H and O–H groups in total. The van der Waals surface area contributed by atoms with Crippen molar-refractivity contribution in [1.82, 2.24) is 19.9 Å².